The van der Waals surface area contributed by atoms with Crippen LogP contribution in [-0.4, -0.2) is 6.54 Å². The number of hydrogen-bond acceptors (Lipinski definition) is 2. The van der Waals surface area contributed by atoms with Gasteiger partial charge < -0.3 is 5.32 Å². The Hall–Kier alpha value is -1.12. The molecular formula is C14H17NS. The van der Waals surface area contributed by atoms with Crippen LogP contribution in [0.5, 0.6) is 0 Å². The molecule has 2 rings (SSSR count). The zero-order valence-electron chi connectivity index (χ0n) is 9.79. The van der Waals surface area contributed by atoms with Crippen LogP contribution in [0, 0.1) is 6.92 Å². The van der Waals surface area contributed by atoms with E-state index < -0.39 is 0 Å². The highest BCUT2D eigenvalue weighted by atomic mass is 32.1. The van der Waals surface area contributed by atoms with E-state index in [4.69, 9.17) is 0 Å². The molecule has 1 N–H and O–H groups in total. The lowest BCUT2D eigenvalue weighted by Crippen LogP contribution is -2.10. The first kappa shape index (κ1) is 11.4. The minimum absolute atomic E-state index is 0.979. The lowest BCUT2D eigenvalue weighted by molar-refractivity contribution is 0.735. The molecular weight excluding hydrogens is 214 g/mol. The molecule has 0 unspecified atom stereocenters. The van der Waals surface area contributed by atoms with Gasteiger partial charge in [0.1, 0.15) is 0 Å². The first-order chi connectivity index (χ1) is 7.79. The lowest BCUT2D eigenvalue weighted by Gasteiger charge is -1.99. The second kappa shape index (κ2) is 5.28. The SMILES string of the molecule is CCNCc1ccc(-c2cccc(C)c2)s1. The molecule has 1 aromatic heterocycles. The smallest absolute Gasteiger partial charge is 0.0346 e. The Balaban J connectivity index is 2.18. The molecule has 0 saturated heterocycles. The molecule has 1 nitrogen and oxygen atoms in total. The number of benzene rings is 1. The Morgan fingerprint density at radius 1 is 1.19 bits per heavy atom. The second-order valence-corrected chi connectivity index (χ2v) is 5.08. The maximum absolute atomic E-state index is 3.35. The second-order valence-electron chi connectivity index (χ2n) is 3.92. The maximum Gasteiger partial charge on any atom is 0.0346 e. The highest BCUT2D eigenvalue weighted by Gasteiger charge is 2.02. The van der Waals surface area contributed by atoms with Crippen molar-refractivity contribution in [3.63, 3.8) is 0 Å². The van der Waals surface area contributed by atoms with Crippen LogP contribution < -0.4 is 5.32 Å². The van der Waals surface area contributed by atoms with Gasteiger partial charge in [0, 0.05) is 16.3 Å². The molecule has 0 aliphatic heterocycles. The number of hydrogen-bond donors (Lipinski definition) is 1. The minimum Gasteiger partial charge on any atom is -0.312 e. The van der Waals surface area contributed by atoms with Crippen molar-refractivity contribution in [3.05, 3.63) is 46.8 Å². The fourth-order valence-electron chi connectivity index (χ4n) is 1.67. The monoisotopic (exact) mass is 231 g/mol. The van der Waals surface area contributed by atoms with E-state index in [-0.39, 0.29) is 0 Å². The van der Waals surface area contributed by atoms with Crippen molar-refractivity contribution in [1.29, 1.82) is 0 Å². The summed E-state index contributed by atoms with van der Waals surface area (Å²) >= 11 is 1.87. The van der Waals surface area contributed by atoms with E-state index in [1.165, 1.54) is 20.9 Å². The first-order valence-corrected chi connectivity index (χ1v) is 6.47. The minimum atomic E-state index is 0.979. The molecule has 84 valence electrons. The molecule has 0 fully saturated rings. The normalized spacial score (nSPS) is 10.6. The molecule has 16 heavy (non-hydrogen) atoms. The van der Waals surface area contributed by atoms with Crippen LogP contribution in [0.15, 0.2) is 36.4 Å². The van der Waals surface area contributed by atoms with Gasteiger partial charge in [0.2, 0.25) is 0 Å². The maximum atomic E-state index is 3.35. The Labute approximate surface area is 101 Å². The van der Waals surface area contributed by atoms with Crippen LogP contribution >= 0.6 is 11.3 Å². The van der Waals surface area contributed by atoms with Crippen molar-refractivity contribution < 1.29 is 0 Å². The summed E-state index contributed by atoms with van der Waals surface area (Å²) < 4.78 is 0. The molecule has 1 aromatic carbocycles. The highest BCUT2D eigenvalue weighted by Crippen LogP contribution is 2.28. The summed E-state index contributed by atoms with van der Waals surface area (Å²) in [6, 6.07) is 13.1. The van der Waals surface area contributed by atoms with E-state index in [9.17, 15) is 0 Å². The zero-order chi connectivity index (χ0) is 11.4. The molecule has 0 spiro atoms. The molecule has 0 amide bonds. The van der Waals surface area contributed by atoms with Crippen LogP contribution in [0.3, 0.4) is 0 Å². The van der Waals surface area contributed by atoms with Gasteiger partial charge in [-0.05, 0) is 31.2 Å². The van der Waals surface area contributed by atoms with Crippen molar-refractivity contribution in [2.45, 2.75) is 20.4 Å². The third-order valence-electron chi connectivity index (χ3n) is 2.51. The quantitative estimate of drug-likeness (QED) is 0.843. The van der Waals surface area contributed by atoms with Crippen LogP contribution in [0.25, 0.3) is 10.4 Å². The molecule has 2 heteroatoms. The molecule has 0 aliphatic carbocycles. The molecule has 0 bridgehead atoms. The van der Waals surface area contributed by atoms with Crippen molar-refractivity contribution in [2.24, 2.45) is 0 Å². The average molecular weight is 231 g/mol. The predicted octanol–water partition coefficient (Wildman–Crippen LogP) is 3.83. The number of rotatable bonds is 4. The largest absolute Gasteiger partial charge is 0.312 e. The summed E-state index contributed by atoms with van der Waals surface area (Å²) in [5.41, 5.74) is 2.65. The summed E-state index contributed by atoms with van der Waals surface area (Å²) in [7, 11) is 0. The van der Waals surface area contributed by atoms with Gasteiger partial charge in [-0.25, -0.2) is 0 Å². The molecule has 0 saturated carbocycles. The number of nitrogens with one attached hydrogen (secondary N) is 1. The summed E-state index contributed by atoms with van der Waals surface area (Å²) in [5.74, 6) is 0. The number of thiophene rings is 1. The third kappa shape index (κ3) is 2.71. The van der Waals surface area contributed by atoms with Gasteiger partial charge in [-0.2, -0.15) is 0 Å². The topological polar surface area (TPSA) is 12.0 Å². The zero-order valence-corrected chi connectivity index (χ0v) is 10.6. The fourth-order valence-corrected chi connectivity index (χ4v) is 2.65. The van der Waals surface area contributed by atoms with Gasteiger partial charge in [0.25, 0.3) is 0 Å². The molecule has 0 aliphatic rings. The van der Waals surface area contributed by atoms with E-state index >= 15 is 0 Å². The van der Waals surface area contributed by atoms with Gasteiger partial charge >= 0.3 is 0 Å². The predicted molar refractivity (Wildman–Crippen MR) is 71.9 cm³/mol. The van der Waals surface area contributed by atoms with Gasteiger partial charge in [-0.1, -0.05) is 36.8 Å². The van der Waals surface area contributed by atoms with E-state index in [2.05, 4.69) is 55.6 Å². The van der Waals surface area contributed by atoms with E-state index in [0.29, 0.717) is 0 Å². The Bertz CT molecular complexity index is 459. The average Bonchev–Trinajstić information content (AvgIpc) is 2.75. The van der Waals surface area contributed by atoms with Gasteiger partial charge in [0.15, 0.2) is 0 Å². The molecule has 0 atom stereocenters. The van der Waals surface area contributed by atoms with Crippen molar-refractivity contribution in [2.75, 3.05) is 6.54 Å². The standard InChI is InChI=1S/C14H17NS/c1-3-15-10-13-7-8-14(16-13)12-6-4-5-11(2)9-12/h4-9,15H,3,10H2,1-2H3. The van der Waals surface area contributed by atoms with Crippen molar-refractivity contribution in [3.8, 4) is 10.4 Å². The van der Waals surface area contributed by atoms with Gasteiger partial charge in [0.05, 0.1) is 0 Å². The summed E-state index contributed by atoms with van der Waals surface area (Å²) in [6.45, 7) is 6.27. The van der Waals surface area contributed by atoms with E-state index in [1.807, 2.05) is 11.3 Å². The molecule has 2 aromatic rings. The number of aryl methyl sites for hydroxylation is 1. The summed E-state index contributed by atoms with van der Waals surface area (Å²) in [4.78, 5) is 2.76. The van der Waals surface area contributed by atoms with Gasteiger partial charge in [-0.15, -0.1) is 11.3 Å². The Morgan fingerprint density at radius 3 is 2.81 bits per heavy atom. The van der Waals surface area contributed by atoms with Crippen LogP contribution in [0.4, 0.5) is 0 Å². The van der Waals surface area contributed by atoms with Crippen LogP contribution in [-0.2, 0) is 6.54 Å². The highest BCUT2D eigenvalue weighted by molar-refractivity contribution is 7.15. The summed E-state index contributed by atoms with van der Waals surface area (Å²) in [6.07, 6.45) is 0. The van der Waals surface area contributed by atoms with Crippen LogP contribution in [0.2, 0.25) is 0 Å². The Kier molecular flexibility index (Phi) is 3.75. The van der Waals surface area contributed by atoms with E-state index in [1.54, 1.807) is 0 Å². The van der Waals surface area contributed by atoms with Crippen molar-refractivity contribution >= 4 is 11.3 Å². The van der Waals surface area contributed by atoms with Crippen molar-refractivity contribution in [1.82, 2.24) is 5.32 Å². The fraction of sp³-hybridized carbons (Fsp3) is 0.286. The Morgan fingerprint density at radius 2 is 2.06 bits per heavy atom. The van der Waals surface area contributed by atoms with E-state index in [0.717, 1.165) is 13.1 Å². The third-order valence-corrected chi connectivity index (χ3v) is 3.65. The first-order valence-electron chi connectivity index (χ1n) is 5.66. The molecule has 1 heterocycles. The molecule has 0 radical (unpaired) electrons. The van der Waals surface area contributed by atoms with Gasteiger partial charge in [-0.3, -0.25) is 0 Å². The van der Waals surface area contributed by atoms with Crippen LogP contribution in [0.1, 0.15) is 17.4 Å². The lowest BCUT2D eigenvalue weighted by atomic mass is 10.1. The summed E-state index contributed by atoms with van der Waals surface area (Å²) in [5, 5.41) is 3.35.